The van der Waals surface area contributed by atoms with Gasteiger partial charge in [-0.05, 0) is 56.7 Å². The maximum atomic E-state index is 11.1. The van der Waals surface area contributed by atoms with Gasteiger partial charge in [-0.15, -0.1) is 0 Å². The monoisotopic (exact) mass is 391 g/mol. The summed E-state index contributed by atoms with van der Waals surface area (Å²) in [4.78, 5) is 28.9. The zero-order valence-electron chi connectivity index (χ0n) is 16.7. The normalized spacial score (nSPS) is 14.2. The van der Waals surface area contributed by atoms with Gasteiger partial charge in [-0.1, -0.05) is 6.07 Å². The van der Waals surface area contributed by atoms with E-state index in [0.717, 1.165) is 56.7 Å². The average Bonchev–Trinajstić information content (AvgIpc) is 2.68. The fourth-order valence-corrected chi connectivity index (χ4v) is 3.32. The van der Waals surface area contributed by atoms with Crippen LogP contribution in [0.2, 0.25) is 0 Å². The van der Waals surface area contributed by atoms with E-state index in [2.05, 4.69) is 27.7 Å². The number of nitrogens with zero attached hydrogens (tertiary/aromatic N) is 2. The first-order valence-corrected chi connectivity index (χ1v) is 10.1. The van der Waals surface area contributed by atoms with Crippen molar-refractivity contribution in [3.8, 4) is 0 Å². The Balaban J connectivity index is 1.75. The van der Waals surface area contributed by atoms with E-state index in [1.165, 1.54) is 12.5 Å². The number of carbonyl (C=O) groups is 2. The molecule has 5 N–H and O–H groups in total. The summed E-state index contributed by atoms with van der Waals surface area (Å²) in [5.74, 6) is -0.00785. The van der Waals surface area contributed by atoms with E-state index in [-0.39, 0.29) is 5.91 Å². The molecule has 0 radical (unpaired) electrons. The number of nitrogens with two attached hydrogens (primary N) is 1. The molecule has 0 aliphatic carbocycles. The molecule has 1 amide bonds. The zero-order valence-corrected chi connectivity index (χ0v) is 16.7. The lowest BCUT2D eigenvalue weighted by molar-refractivity contribution is -0.138. The number of carboxylic acid groups (broad SMARTS) is 1. The highest BCUT2D eigenvalue weighted by molar-refractivity contribution is 5.73. The molecule has 1 aliphatic rings. The lowest BCUT2D eigenvalue weighted by Crippen LogP contribution is -2.39. The highest BCUT2D eigenvalue weighted by Crippen LogP contribution is 2.20. The van der Waals surface area contributed by atoms with Crippen LogP contribution in [0.25, 0.3) is 0 Å². The topological polar surface area (TPSA) is 121 Å². The first-order valence-electron chi connectivity index (χ1n) is 10.1. The van der Waals surface area contributed by atoms with Crippen LogP contribution >= 0.6 is 0 Å². The number of amides is 1. The maximum Gasteiger partial charge on any atom is 0.320 e. The molecule has 2 rings (SSSR count). The average molecular weight is 392 g/mol. The number of rotatable bonds is 12. The van der Waals surface area contributed by atoms with Crippen LogP contribution in [0.5, 0.6) is 0 Å². The van der Waals surface area contributed by atoms with Crippen LogP contribution in [0, 0.1) is 0 Å². The molecule has 0 bridgehead atoms. The van der Waals surface area contributed by atoms with E-state index in [1.54, 1.807) is 0 Å². The minimum atomic E-state index is -0.978. The second-order valence-electron chi connectivity index (χ2n) is 7.36. The molecule has 0 aromatic carbocycles. The number of carboxylic acids is 1. The Hall–Kier alpha value is -2.19. The van der Waals surface area contributed by atoms with Gasteiger partial charge >= 0.3 is 5.97 Å². The Bertz CT molecular complexity index is 653. The number of nitrogens with one attached hydrogen (secondary N) is 2. The third-order valence-corrected chi connectivity index (χ3v) is 4.98. The number of pyridine rings is 1. The molecule has 156 valence electrons. The van der Waals surface area contributed by atoms with Crippen molar-refractivity contribution < 1.29 is 14.7 Å². The summed E-state index contributed by atoms with van der Waals surface area (Å²) in [6.45, 7) is 5.17. The van der Waals surface area contributed by atoms with Gasteiger partial charge in [-0.2, -0.15) is 0 Å². The van der Waals surface area contributed by atoms with Crippen LogP contribution in [0.15, 0.2) is 12.1 Å². The molecule has 1 aromatic rings. The van der Waals surface area contributed by atoms with Gasteiger partial charge in [-0.25, -0.2) is 4.98 Å². The fourth-order valence-electron chi connectivity index (χ4n) is 3.32. The number of fused-ring (bicyclic) bond motifs is 1. The Kier molecular flexibility index (Phi) is 9.16. The number of hydrogen-bond donors (Lipinski definition) is 4. The van der Waals surface area contributed by atoms with Crippen LogP contribution < -0.4 is 16.4 Å². The summed E-state index contributed by atoms with van der Waals surface area (Å²) in [7, 11) is 0. The highest BCUT2D eigenvalue weighted by atomic mass is 16.4. The third-order valence-electron chi connectivity index (χ3n) is 4.98. The maximum absolute atomic E-state index is 11.1. The van der Waals surface area contributed by atoms with Crippen LogP contribution in [0.3, 0.4) is 0 Å². The minimum absolute atomic E-state index is 0.0609. The summed E-state index contributed by atoms with van der Waals surface area (Å²) in [5, 5.41) is 15.1. The summed E-state index contributed by atoms with van der Waals surface area (Å²) in [6, 6.07) is 3.44. The molecule has 0 saturated carbocycles. The van der Waals surface area contributed by atoms with Gasteiger partial charge in [0.2, 0.25) is 5.91 Å². The van der Waals surface area contributed by atoms with Crippen molar-refractivity contribution >= 4 is 17.7 Å². The Morgan fingerprint density at radius 1 is 1.32 bits per heavy atom. The van der Waals surface area contributed by atoms with Gasteiger partial charge in [0.1, 0.15) is 11.9 Å². The molecule has 8 nitrogen and oxygen atoms in total. The summed E-state index contributed by atoms with van der Waals surface area (Å²) in [5.41, 5.74) is 8.02. The van der Waals surface area contributed by atoms with Crippen molar-refractivity contribution in [1.82, 2.24) is 15.2 Å². The van der Waals surface area contributed by atoms with Crippen molar-refractivity contribution in [2.45, 2.75) is 51.5 Å². The number of carbonyl (C=O) groups excluding carboxylic acids is 1. The SMILES string of the molecule is CC(=O)NCCN(CCCCc1ccc2c(n1)NCCC2)CC[C@H](N)C(=O)O. The van der Waals surface area contributed by atoms with Crippen LogP contribution in [-0.2, 0) is 22.4 Å². The predicted molar refractivity (Wildman–Crippen MR) is 109 cm³/mol. The molecule has 1 aliphatic heterocycles. The van der Waals surface area contributed by atoms with Crippen molar-refractivity contribution in [2.75, 3.05) is 38.0 Å². The summed E-state index contributed by atoms with van der Waals surface area (Å²) < 4.78 is 0. The third kappa shape index (κ3) is 7.82. The molecule has 1 aromatic heterocycles. The first-order chi connectivity index (χ1) is 13.5. The standard InChI is InChI=1S/C20H33N5O3/c1-15(26)22-11-14-25(13-9-18(21)20(27)28)12-3-2-6-17-8-7-16-5-4-10-23-19(16)24-17/h7-8,18H,2-6,9-14,21H2,1H3,(H,22,26)(H,23,24)(H,27,28)/t18-/m0/s1. The quantitative estimate of drug-likeness (QED) is 0.392. The fraction of sp³-hybridized carbons (Fsp3) is 0.650. The number of unbranched alkanes of at least 4 members (excludes halogenated alkanes) is 1. The van der Waals surface area contributed by atoms with Crippen LogP contribution in [0.1, 0.15) is 43.9 Å². The zero-order chi connectivity index (χ0) is 20.4. The first kappa shape index (κ1) is 22.1. The molecule has 0 saturated heterocycles. The molecule has 1 atom stereocenters. The van der Waals surface area contributed by atoms with Crippen molar-refractivity contribution in [2.24, 2.45) is 5.73 Å². The Morgan fingerprint density at radius 2 is 2.14 bits per heavy atom. The van der Waals surface area contributed by atoms with E-state index in [4.69, 9.17) is 15.8 Å². The van der Waals surface area contributed by atoms with Crippen molar-refractivity contribution in [3.05, 3.63) is 23.4 Å². The van der Waals surface area contributed by atoms with E-state index < -0.39 is 12.0 Å². The van der Waals surface area contributed by atoms with Crippen molar-refractivity contribution in [1.29, 1.82) is 0 Å². The predicted octanol–water partition coefficient (Wildman–Crippen LogP) is 1.00. The van der Waals surface area contributed by atoms with E-state index in [1.807, 2.05) is 0 Å². The molecule has 28 heavy (non-hydrogen) atoms. The summed E-state index contributed by atoms with van der Waals surface area (Å²) in [6.07, 6.45) is 5.56. The van der Waals surface area contributed by atoms with Gasteiger partial charge in [0, 0.05) is 38.8 Å². The molecule has 0 unspecified atom stereocenters. The summed E-state index contributed by atoms with van der Waals surface area (Å²) >= 11 is 0. The highest BCUT2D eigenvalue weighted by Gasteiger charge is 2.14. The second-order valence-corrected chi connectivity index (χ2v) is 7.36. The van der Waals surface area contributed by atoms with E-state index in [9.17, 15) is 9.59 Å². The minimum Gasteiger partial charge on any atom is -0.480 e. The van der Waals surface area contributed by atoms with E-state index in [0.29, 0.717) is 26.1 Å². The van der Waals surface area contributed by atoms with Crippen molar-refractivity contribution in [3.63, 3.8) is 0 Å². The molecular formula is C20H33N5O3. The van der Waals surface area contributed by atoms with Gasteiger partial charge in [0.25, 0.3) is 0 Å². The van der Waals surface area contributed by atoms with Crippen LogP contribution in [0.4, 0.5) is 5.82 Å². The van der Waals surface area contributed by atoms with Crippen LogP contribution in [-0.4, -0.2) is 65.6 Å². The van der Waals surface area contributed by atoms with Gasteiger partial charge in [-0.3, -0.25) is 9.59 Å². The van der Waals surface area contributed by atoms with E-state index >= 15 is 0 Å². The smallest absolute Gasteiger partial charge is 0.320 e. The number of aromatic nitrogens is 1. The molecule has 8 heteroatoms. The molecule has 0 spiro atoms. The Morgan fingerprint density at radius 3 is 2.89 bits per heavy atom. The lowest BCUT2D eigenvalue weighted by Gasteiger charge is -2.23. The number of anilines is 1. The molecule has 0 fully saturated rings. The van der Waals surface area contributed by atoms with Gasteiger partial charge in [0.05, 0.1) is 0 Å². The second kappa shape index (κ2) is 11.6. The molecule has 2 heterocycles. The van der Waals surface area contributed by atoms with Gasteiger partial charge < -0.3 is 26.4 Å². The number of hydrogen-bond acceptors (Lipinski definition) is 6. The molecular weight excluding hydrogens is 358 g/mol. The largest absolute Gasteiger partial charge is 0.480 e. The number of aryl methyl sites for hydroxylation is 2. The lowest BCUT2D eigenvalue weighted by atomic mass is 10.1. The Labute approximate surface area is 166 Å². The number of aliphatic carboxylic acids is 1. The van der Waals surface area contributed by atoms with Gasteiger partial charge in [0.15, 0.2) is 0 Å².